The molecule has 2 aromatic rings. The highest BCUT2D eigenvalue weighted by Gasteiger charge is 2.36. The molecule has 0 radical (unpaired) electrons. The molecule has 2 bridgehead atoms. The zero-order valence-electron chi connectivity index (χ0n) is 11.9. The van der Waals surface area contributed by atoms with Crippen LogP contribution >= 0.6 is 0 Å². The van der Waals surface area contributed by atoms with E-state index in [0.29, 0.717) is 11.6 Å². The van der Waals surface area contributed by atoms with Crippen LogP contribution in [-0.4, -0.2) is 41.6 Å². The summed E-state index contributed by atoms with van der Waals surface area (Å²) in [5.74, 6) is 0.235. The van der Waals surface area contributed by atoms with Crippen LogP contribution in [0.4, 0.5) is 0 Å². The number of hydrogen-bond donors (Lipinski definition) is 0. The van der Waals surface area contributed by atoms with Gasteiger partial charge in [0.25, 0.3) is 0 Å². The lowest BCUT2D eigenvalue weighted by atomic mass is 9.86. The van der Waals surface area contributed by atoms with E-state index in [2.05, 4.69) is 9.88 Å². The zero-order chi connectivity index (χ0) is 14.2. The molecule has 1 aromatic heterocycles. The van der Waals surface area contributed by atoms with Crippen LogP contribution in [-0.2, 0) is 4.74 Å². The molecule has 3 aliphatic rings. The Hall–Kier alpha value is -1.94. The summed E-state index contributed by atoms with van der Waals surface area (Å²) in [7, 11) is 0. The molecule has 0 N–H and O–H groups in total. The van der Waals surface area contributed by atoms with Crippen LogP contribution in [0, 0.1) is 5.92 Å². The molecule has 1 atom stereocenters. The first-order valence-corrected chi connectivity index (χ1v) is 7.59. The minimum Gasteiger partial charge on any atom is -0.456 e. The number of para-hydroxylation sites is 1. The predicted octanol–water partition coefficient (Wildman–Crippen LogP) is 2.49. The van der Waals surface area contributed by atoms with E-state index in [1.807, 2.05) is 30.3 Å². The van der Waals surface area contributed by atoms with Crippen molar-refractivity contribution in [3.05, 3.63) is 42.1 Å². The third-order valence-electron chi connectivity index (χ3n) is 4.66. The van der Waals surface area contributed by atoms with Crippen molar-refractivity contribution in [1.29, 1.82) is 0 Å². The number of piperidine rings is 3. The molecule has 108 valence electrons. The van der Waals surface area contributed by atoms with Crippen molar-refractivity contribution in [2.24, 2.45) is 5.92 Å². The Bertz CT molecular complexity index is 677. The van der Waals surface area contributed by atoms with Crippen molar-refractivity contribution in [3.8, 4) is 0 Å². The fourth-order valence-corrected chi connectivity index (χ4v) is 3.42. The molecule has 3 fully saturated rings. The van der Waals surface area contributed by atoms with Crippen LogP contribution in [0.1, 0.15) is 23.3 Å². The number of aromatic nitrogens is 1. The highest BCUT2D eigenvalue weighted by atomic mass is 16.5. The molecule has 4 heteroatoms. The molecule has 0 aliphatic carbocycles. The van der Waals surface area contributed by atoms with Gasteiger partial charge in [0, 0.05) is 11.9 Å². The van der Waals surface area contributed by atoms with Crippen LogP contribution in [0.25, 0.3) is 10.9 Å². The molecule has 0 amide bonds. The number of fused-ring (bicyclic) bond motifs is 4. The molecule has 0 unspecified atom stereocenters. The smallest absolute Gasteiger partial charge is 0.357 e. The molecule has 4 nitrogen and oxygen atoms in total. The SMILES string of the molecule is O=C(O[C@H]1CN2CCC1CC2)c1ccc2ccccc2n1. The standard InChI is InChI=1S/C17H18N2O2/c20-17(21-16-11-19-9-7-13(16)8-10-19)15-6-5-12-3-1-2-4-14(12)18-15/h1-6,13,16H,7-11H2/t16-/m0/s1. The molecule has 21 heavy (non-hydrogen) atoms. The lowest BCUT2D eigenvalue weighted by molar-refractivity contribution is -0.0459. The first-order valence-electron chi connectivity index (χ1n) is 7.59. The molecular weight excluding hydrogens is 264 g/mol. The summed E-state index contributed by atoms with van der Waals surface area (Å²) < 4.78 is 5.72. The van der Waals surface area contributed by atoms with Crippen molar-refractivity contribution in [3.63, 3.8) is 0 Å². The quantitative estimate of drug-likeness (QED) is 0.794. The van der Waals surface area contributed by atoms with Gasteiger partial charge in [0.1, 0.15) is 11.8 Å². The van der Waals surface area contributed by atoms with E-state index >= 15 is 0 Å². The topological polar surface area (TPSA) is 42.4 Å². The zero-order valence-corrected chi connectivity index (χ0v) is 11.9. The van der Waals surface area contributed by atoms with Crippen LogP contribution in [0.3, 0.4) is 0 Å². The Morgan fingerprint density at radius 2 is 1.95 bits per heavy atom. The number of esters is 1. The van der Waals surface area contributed by atoms with E-state index in [0.717, 1.165) is 43.4 Å². The maximum atomic E-state index is 12.3. The minimum atomic E-state index is -0.292. The number of carbonyl (C=O) groups is 1. The Morgan fingerprint density at radius 3 is 2.71 bits per heavy atom. The third kappa shape index (κ3) is 2.40. The highest BCUT2D eigenvalue weighted by Crippen LogP contribution is 2.30. The highest BCUT2D eigenvalue weighted by molar-refractivity contribution is 5.91. The Labute approximate surface area is 123 Å². The average Bonchev–Trinajstić information content (AvgIpc) is 2.55. The van der Waals surface area contributed by atoms with Crippen molar-refractivity contribution >= 4 is 16.9 Å². The number of carbonyl (C=O) groups excluding carboxylic acids is 1. The van der Waals surface area contributed by atoms with Gasteiger partial charge in [0.15, 0.2) is 0 Å². The molecule has 0 saturated carbocycles. The Balaban J connectivity index is 1.53. The van der Waals surface area contributed by atoms with Crippen molar-refractivity contribution in [1.82, 2.24) is 9.88 Å². The molecule has 1 aromatic carbocycles. The van der Waals surface area contributed by atoms with E-state index in [4.69, 9.17) is 4.74 Å². The van der Waals surface area contributed by atoms with Crippen molar-refractivity contribution in [2.45, 2.75) is 18.9 Å². The Morgan fingerprint density at radius 1 is 1.14 bits per heavy atom. The van der Waals surface area contributed by atoms with Gasteiger partial charge in [0.2, 0.25) is 0 Å². The summed E-state index contributed by atoms with van der Waals surface area (Å²) in [4.78, 5) is 19.1. The summed E-state index contributed by atoms with van der Waals surface area (Å²) in [5.41, 5.74) is 1.24. The monoisotopic (exact) mass is 282 g/mol. The fourth-order valence-electron chi connectivity index (χ4n) is 3.42. The van der Waals surface area contributed by atoms with Crippen LogP contribution in [0.5, 0.6) is 0 Å². The van der Waals surface area contributed by atoms with Gasteiger partial charge in [-0.15, -0.1) is 0 Å². The van der Waals surface area contributed by atoms with Gasteiger partial charge in [-0.3, -0.25) is 4.90 Å². The van der Waals surface area contributed by atoms with Crippen LogP contribution in [0.2, 0.25) is 0 Å². The molecule has 5 rings (SSSR count). The van der Waals surface area contributed by atoms with Gasteiger partial charge in [-0.25, -0.2) is 9.78 Å². The first kappa shape index (κ1) is 12.8. The van der Waals surface area contributed by atoms with E-state index in [1.54, 1.807) is 6.07 Å². The number of hydrogen-bond acceptors (Lipinski definition) is 4. The summed E-state index contributed by atoms with van der Waals surface area (Å²) in [6, 6.07) is 11.5. The van der Waals surface area contributed by atoms with Crippen molar-refractivity contribution < 1.29 is 9.53 Å². The molecule has 0 spiro atoms. The van der Waals surface area contributed by atoms with Crippen molar-refractivity contribution in [2.75, 3.05) is 19.6 Å². The summed E-state index contributed by atoms with van der Waals surface area (Å²) in [5, 5.41) is 1.04. The Kier molecular flexibility index (Phi) is 3.11. The number of benzene rings is 1. The van der Waals surface area contributed by atoms with E-state index in [9.17, 15) is 4.79 Å². The van der Waals surface area contributed by atoms with Gasteiger partial charge in [0.05, 0.1) is 5.52 Å². The maximum Gasteiger partial charge on any atom is 0.357 e. The molecule has 3 saturated heterocycles. The maximum absolute atomic E-state index is 12.3. The number of ether oxygens (including phenoxy) is 1. The molecular formula is C17H18N2O2. The van der Waals surface area contributed by atoms with E-state index in [-0.39, 0.29) is 12.1 Å². The van der Waals surface area contributed by atoms with E-state index < -0.39 is 0 Å². The van der Waals surface area contributed by atoms with E-state index in [1.165, 1.54) is 0 Å². The number of nitrogens with zero attached hydrogens (tertiary/aromatic N) is 2. The number of pyridine rings is 1. The summed E-state index contributed by atoms with van der Waals surface area (Å²) >= 11 is 0. The van der Waals surface area contributed by atoms with Crippen LogP contribution < -0.4 is 0 Å². The second-order valence-electron chi connectivity index (χ2n) is 5.97. The van der Waals surface area contributed by atoms with Gasteiger partial charge in [-0.05, 0) is 44.0 Å². The van der Waals surface area contributed by atoms with Gasteiger partial charge >= 0.3 is 5.97 Å². The third-order valence-corrected chi connectivity index (χ3v) is 4.66. The summed E-state index contributed by atoms with van der Waals surface area (Å²) in [6.07, 6.45) is 2.32. The molecule has 3 aliphatic heterocycles. The predicted molar refractivity (Wildman–Crippen MR) is 80.1 cm³/mol. The second-order valence-corrected chi connectivity index (χ2v) is 5.97. The lowest BCUT2D eigenvalue weighted by Crippen LogP contribution is -2.51. The summed E-state index contributed by atoms with van der Waals surface area (Å²) in [6.45, 7) is 3.17. The van der Waals surface area contributed by atoms with Gasteiger partial charge in [-0.1, -0.05) is 24.3 Å². The lowest BCUT2D eigenvalue weighted by Gasteiger charge is -2.43. The fraction of sp³-hybridized carbons (Fsp3) is 0.412. The normalized spacial score (nSPS) is 27.7. The second kappa shape index (κ2) is 5.11. The average molecular weight is 282 g/mol. The minimum absolute atomic E-state index is 0.0354. The van der Waals surface area contributed by atoms with Crippen LogP contribution in [0.15, 0.2) is 36.4 Å². The van der Waals surface area contributed by atoms with Gasteiger partial charge < -0.3 is 4.74 Å². The van der Waals surface area contributed by atoms with Gasteiger partial charge in [-0.2, -0.15) is 0 Å². The number of rotatable bonds is 2. The first-order chi connectivity index (χ1) is 10.3. The molecule has 4 heterocycles. The largest absolute Gasteiger partial charge is 0.456 e.